The first-order valence-electron chi connectivity index (χ1n) is 6.68. The molecule has 2 unspecified atom stereocenters. The monoisotopic (exact) mass is 268 g/mol. The molecule has 19 heavy (non-hydrogen) atoms. The van der Waals surface area contributed by atoms with E-state index in [0.717, 1.165) is 31.4 Å². The minimum Gasteiger partial charge on any atom is -0.370 e. The smallest absolute Gasteiger partial charge is 0.194 e. The van der Waals surface area contributed by atoms with E-state index in [0.29, 0.717) is 5.92 Å². The fourth-order valence-electron chi connectivity index (χ4n) is 2.55. The van der Waals surface area contributed by atoms with Gasteiger partial charge in [0.05, 0.1) is 11.7 Å². The molecule has 0 N–H and O–H groups in total. The van der Waals surface area contributed by atoms with Gasteiger partial charge in [0.1, 0.15) is 18.2 Å². The molecule has 1 aliphatic carbocycles. The van der Waals surface area contributed by atoms with Crippen LogP contribution >= 0.6 is 0 Å². The molecule has 2 rings (SSSR count). The van der Waals surface area contributed by atoms with Crippen LogP contribution in [-0.2, 0) is 4.74 Å². The second-order valence-corrected chi connectivity index (χ2v) is 5.13. The summed E-state index contributed by atoms with van der Waals surface area (Å²) in [4.78, 5) is 11.8. The number of rotatable bonds is 4. The molecule has 2 nitrogen and oxygen atoms in total. The van der Waals surface area contributed by atoms with Crippen molar-refractivity contribution in [2.24, 2.45) is 5.92 Å². The third-order valence-corrected chi connectivity index (χ3v) is 3.70. The minimum absolute atomic E-state index is 0.0209. The average Bonchev–Trinajstić information content (AvgIpc) is 2.37. The number of ether oxygens (including phenoxy) is 1. The van der Waals surface area contributed by atoms with Gasteiger partial charge in [-0.15, -0.1) is 0 Å². The van der Waals surface area contributed by atoms with Crippen molar-refractivity contribution in [2.75, 3.05) is 6.61 Å². The van der Waals surface area contributed by atoms with Crippen molar-refractivity contribution in [1.82, 2.24) is 0 Å². The van der Waals surface area contributed by atoms with Crippen molar-refractivity contribution in [3.63, 3.8) is 0 Å². The van der Waals surface area contributed by atoms with Crippen molar-refractivity contribution in [3.8, 4) is 0 Å². The maximum atomic E-state index is 13.4. The molecule has 104 valence electrons. The lowest BCUT2D eigenvalue weighted by Gasteiger charge is -2.28. The van der Waals surface area contributed by atoms with Crippen molar-refractivity contribution < 1.29 is 18.3 Å². The summed E-state index contributed by atoms with van der Waals surface area (Å²) in [5, 5.41) is 0. The van der Waals surface area contributed by atoms with Crippen LogP contribution in [-0.4, -0.2) is 18.5 Å². The molecule has 1 aromatic carbocycles. The van der Waals surface area contributed by atoms with E-state index in [2.05, 4.69) is 6.92 Å². The first-order valence-corrected chi connectivity index (χ1v) is 6.68. The van der Waals surface area contributed by atoms with E-state index in [9.17, 15) is 13.6 Å². The summed E-state index contributed by atoms with van der Waals surface area (Å²) in [7, 11) is 0. The summed E-state index contributed by atoms with van der Waals surface area (Å²) in [6, 6.07) is 3.41. The zero-order valence-electron chi connectivity index (χ0n) is 11.0. The highest BCUT2D eigenvalue weighted by Gasteiger charge is 2.24. The Hall–Kier alpha value is -1.29. The number of halogens is 2. The molecule has 1 fully saturated rings. The maximum absolute atomic E-state index is 13.4. The van der Waals surface area contributed by atoms with Crippen LogP contribution in [0.5, 0.6) is 0 Å². The fraction of sp³-hybridized carbons (Fsp3) is 0.533. The Kier molecular flexibility index (Phi) is 4.64. The lowest BCUT2D eigenvalue weighted by Crippen LogP contribution is -2.28. The average molecular weight is 268 g/mol. The highest BCUT2D eigenvalue weighted by atomic mass is 19.1. The SMILES string of the molecule is CC1CCCCC1OCC(=O)c1c(F)cccc1F. The molecule has 0 aliphatic heterocycles. The first-order chi connectivity index (χ1) is 9.09. The number of carbonyl (C=O) groups excluding carboxylic acids is 1. The molecule has 2 atom stereocenters. The fourth-order valence-corrected chi connectivity index (χ4v) is 2.55. The summed E-state index contributed by atoms with van der Waals surface area (Å²) in [5.41, 5.74) is -0.494. The Balaban J connectivity index is 1.97. The molecule has 0 heterocycles. The highest BCUT2D eigenvalue weighted by Crippen LogP contribution is 2.26. The van der Waals surface area contributed by atoms with Crippen LogP contribution in [0.2, 0.25) is 0 Å². The van der Waals surface area contributed by atoms with Gasteiger partial charge in [0.15, 0.2) is 5.78 Å². The third-order valence-electron chi connectivity index (χ3n) is 3.70. The highest BCUT2D eigenvalue weighted by molar-refractivity contribution is 5.97. The minimum atomic E-state index is -0.828. The number of Topliss-reactive ketones (excluding diaryl/α,β-unsaturated/α-hetero) is 1. The predicted molar refractivity (Wildman–Crippen MR) is 68.1 cm³/mol. The molecule has 0 saturated heterocycles. The number of ketones is 1. The lowest BCUT2D eigenvalue weighted by molar-refractivity contribution is 0.000469. The molecule has 4 heteroatoms. The van der Waals surface area contributed by atoms with Crippen LogP contribution < -0.4 is 0 Å². The predicted octanol–water partition coefficient (Wildman–Crippen LogP) is 3.74. The molecular formula is C15H18F2O2. The van der Waals surface area contributed by atoms with E-state index < -0.39 is 23.0 Å². The van der Waals surface area contributed by atoms with Gasteiger partial charge < -0.3 is 4.74 Å². The van der Waals surface area contributed by atoms with Crippen LogP contribution in [0.3, 0.4) is 0 Å². The van der Waals surface area contributed by atoms with Gasteiger partial charge in [-0.1, -0.05) is 25.8 Å². The first kappa shape index (κ1) is 14.1. The summed E-state index contributed by atoms with van der Waals surface area (Å²) in [5.74, 6) is -1.89. The Bertz CT molecular complexity index is 439. The largest absolute Gasteiger partial charge is 0.370 e. The molecule has 0 aromatic heterocycles. The molecule has 0 radical (unpaired) electrons. The molecule has 0 amide bonds. The quantitative estimate of drug-likeness (QED) is 0.777. The Morgan fingerprint density at radius 1 is 1.26 bits per heavy atom. The van der Waals surface area contributed by atoms with E-state index >= 15 is 0 Å². The van der Waals surface area contributed by atoms with E-state index in [-0.39, 0.29) is 12.7 Å². The van der Waals surface area contributed by atoms with Crippen LogP contribution in [0.25, 0.3) is 0 Å². The lowest BCUT2D eigenvalue weighted by atomic mass is 9.88. The van der Waals surface area contributed by atoms with Crippen molar-refractivity contribution in [3.05, 3.63) is 35.4 Å². The van der Waals surface area contributed by atoms with Crippen LogP contribution in [0.15, 0.2) is 18.2 Å². The Morgan fingerprint density at radius 3 is 2.53 bits per heavy atom. The van der Waals surface area contributed by atoms with Gasteiger partial charge in [0, 0.05) is 0 Å². The molecular weight excluding hydrogens is 250 g/mol. The van der Waals surface area contributed by atoms with Gasteiger partial charge in [0.2, 0.25) is 0 Å². The molecule has 1 aliphatic rings. The second kappa shape index (κ2) is 6.24. The van der Waals surface area contributed by atoms with Gasteiger partial charge in [-0.2, -0.15) is 0 Å². The summed E-state index contributed by atoms with van der Waals surface area (Å²) in [6.07, 6.45) is 4.27. The van der Waals surface area contributed by atoms with E-state index in [1.165, 1.54) is 12.5 Å². The van der Waals surface area contributed by atoms with Gasteiger partial charge in [-0.05, 0) is 30.9 Å². The zero-order valence-corrected chi connectivity index (χ0v) is 11.0. The number of benzene rings is 1. The Morgan fingerprint density at radius 2 is 1.89 bits per heavy atom. The van der Waals surface area contributed by atoms with Crippen molar-refractivity contribution in [2.45, 2.75) is 38.7 Å². The van der Waals surface area contributed by atoms with Crippen molar-refractivity contribution >= 4 is 5.78 Å². The van der Waals surface area contributed by atoms with E-state index in [4.69, 9.17) is 4.74 Å². The summed E-state index contributed by atoms with van der Waals surface area (Å²) in [6.45, 7) is 1.82. The normalized spacial score (nSPS) is 23.3. The molecule has 1 aromatic rings. The zero-order chi connectivity index (χ0) is 13.8. The number of hydrogen-bond donors (Lipinski definition) is 0. The maximum Gasteiger partial charge on any atom is 0.194 e. The van der Waals surface area contributed by atoms with Crippen LogP contribution in [0.1, 0.15) is 43.0 Å². The topological polar surface area (TPSA) is 26.3 Å². The molecule has 0 spiro atoms. The second-order valence-electron chi connectivity index (χ2n) is 5.13. The van der Waals surface area contributed by atoms with Crippen LogP contribution in [0.4, 0.5) is 8.78 Å². The number of hydrogen-bond acceptors (Lipinski definition) is 2. The summed E-state index contributed by atoms with van der Waals surface area (Å²) < 4.78 is 32.4. The van der Waals surface area contributed by atoms with Gasteiger partial charge in [-0.3, -0.25) is 4.79 Å². The molecule has 0 bridgehead atoms. The van der Waals surface area contributed by atoms with Gasteiger partial charge >= 0.3 is 0 Å². The van der Waals surface area contributed by atoms with Gasteiger partial charge in [-0.25, -0.2) is 8.78 Å². The Labute approximate surface area is 111 Å². The summed E-state index contributed by atoms with van der Waals surface area (Å²) >= 11 is 0. The standard InChI is InChI=1S/C15H18F2O2/c1-10-5-2-3-8-14(10)19-9-13(18)15-11(16)6-4-7-12(15)17/h4,6-7,10,14H,2-3,5,8-9H2,1H3. The van der Waals surface area contributed by atoms with E-state index in [1.807, 2.05) is 0 Å². The number of carbonyl (C=O) groups is 1. The third kappa shape index (κ3) is 3.38. The van der Waals surface area contributed by atoms with Crippen LogP contribution in [0, 0.1) is 17.6 Å². The van der Waals surface area contributed by atoms with Crippen molar-refractivity contribution in [1.29, 1.82) is 0 Å². The van der Waals surface area contributed by atoms with Gasteiger partial charge in [0.25, 0.3) is 0 Å². The molecule has 1 saturated carbocycles. The van der Waals surface area contributed by atoms with E-state index in [1.54, 1.807) is 0 Å².